The van der Waals surface area contributed by atoms with Crippen molar-refractivity contribution in [1.29, 1.82) is 0 Å². The van der Waals surface area contributed by atoms with E-state index in [0.29, 0.717) is 11.2 Å². The first-order valence-electron chi connectivity index (χ1n) is 11.9. The Labute approximate surface area is 230 Å². The molecule has 5 aromatic rings. The summed E-state index contributed by atoms with van der Waals surface area (Å²) in [5, 5.41) is 0.329. The number of halogens is 4. The summed E-state index contributed by atoms with van der Waals surface area (Å²) >= 11 is 0. The molecule has 3 aromatic carbocycles. The molecule has 13 heteroatoms. The standard InChI is InChI=1S/C28H20F4N4O4S/c1-16-33-11-10-26(34-16)35-41(38,39)20-7-8-23-18(13-20)6-9-27(37)36(23)24-15-22(29)21(14-25(24)40-2)17-4-3-5-19(12-17)28(30,31)32/h3-15H,1-2H3,(H,33,34,35). The smallest absolute Gasteiger partial charge is 0.416 e. The van der Waals surface area contributed by atoms with Crippen LogP contribution in [0.3, 0.4) is 0 Å². The highest BCUT2D eigenvalue weighted by Gasteiger charge is 2.31. The van der Waals surface area contributed by atoms with Gasteiger partial charge in [0.2, 0.25) is 0 Å². The molecule has 0 spiro atoms. The van der Waals surface area contributed by atoms with Gasteiger partial charge >= 0.3 is 6.18 Å². The van der Waals surface area contributed by atoms with Crippen LogP contribution in [0.2, 0.25) is 0 Å². The van der Waals surface area contributed by atoms with Crippen LogP contribution in [0.1, 0.15) is 11.4 Å². The van der Waals surface area contributed by atoms with Gasteiger partial charge in [-0.15, -0.1) is 0 Å². The lowest BCUT2D eigenvalue weighted by atomic mass is 10.0. The van der Waals surface area contributed by atoms with Crippen molar-refractivity contribution in [3.05, 3.63) is 107 Å². The number of fused-ring (bicyclic) bond motifs is 1. The quantitative estimate of drug-likeness (QED) is 0.256. The Morgan fingerprint density at radius 1 is 0.976 bits per heavy atom. The largest absolute Gasteiger partial charge is 0.495 e. The van der Waals surface area contributed by atoms with Crippen LogP contribution < -0.4 is 15.0 Å². The summed E-state index contributed by atoms with van der Waals surface area (Å²) < 4.78 is 90.0. The number of benzene rings is 3. The highest BCUT2D eigenvalue weighted by Crippen LogP contribution is 2.36. The lowest BCUT2D eigenvalue weighted by Crippen LogP contribution is -2.19. The highest BCUT2D eigenvalue weighted by molar-refractivity contribution is 7.92. The number of nitrogens with one attached hydrogen (secondary N) is 1. The van der Waals surface area contributed by atoms with Gasteiger partial charge in [0.25, 0.3) is 15.6 Å². The van der Waals surface area contributed by atoms with Crippen molar-refractivity contribution in [3.8, 4) is 22.6 Å². The summed E-state index contributed by atoms with van der Waals surface area (Å²) in [6.07, 6.45) is -3.22. The van der Waals surface area contributed by atoms with Gasteiger partial charge in [-0.2, -0.15) is 13.2 Å². The maximum atomic E-state index is 15.4. The lowest BCUT2D eigenvalue weighted by molar-refractivity contribution is -0.137. The molecule has 0 bridgehead atoms. The third-order valence-corrected chi connectivity index (χ3v) is 7.55. The number of nitrogens with zero attached hydrogens (tertiary/aromatic N) is 3. The van der Waals surface area contributed by atoms with E-state index < -0.39 is 33.1 Å². The summed E-state index contributed by atoms with van der Waals surface area (Å²) in [5.74, 6) is -0.449. The monoisotopic (exact) mass is 584 g/mol. The van der Waals surface area contributed by atoms with Gasteiger partial charge in [0.1, 0.15) is 23.2 Å². The van der Waals surface area contributed by atoms with E-state index in [2.05, 4.69) is 14.7 Å². The van der Waals surface area contributed by atoms with Crippen LogP contribution in [0, 0.1) is 12.7 Å². The van der Waals surface area contributed by atoms with Crippen molar-refractivity contribution >= 4 is 26.7 Å². The second-order valence-corrected chi connectivity index (χ2v) is 10.6. The van der Waals surface area contributed by atoms with Crippen molar-refractivity contribution in [2.75, 3.05) is 11.8 Å². The molecule has 0 atom stereocenters. The fourth-order valence-corrected chi connectivity index (χ4v) is 5.35. The van der Waals surface area contributed by atoms with E-state index in [4.69, 9.17) is 4.74 Å². The second-order valence-electron chi connectivity index (χ2n) is 8.90. The molecule has 0 saturated carbocycles. The number of anilines is 1. The van der Waals surface area contributed by atoms with E-state index in [1.807, 2.05) is 0 Å². The molecule has 8 nitrogen and oxygen atoms in total. The van der Waals surface area contributed by atoms with Crippen LogP contribution >= 0.6 is 0 Å². The zero-order chi connectivity index (χ0) is 29.5. The van der Waals surface area contributed by atoms with E-state index in [0.717, 1.165) is 22.8 Å². The Bertz CT molecular complexity index is 1980. The highest BCUT2D eigenvalue weighted by atomic mass is 32.2. The number of sulfonamides is 1. The van der Waals surface area contributed by atoms with Crippen LogP contribution in [0.4, 0.5) is 23.4 Å². The van der Waals surface area contributed by atoms with Gasteiger partial charge in [-0.1, -0.05) is 12.1 Å². The number of alkyl halides is 3. The number of aryl methyl sites for hydroxylation is 1. The SMILES string of the molecule is COc1cc(-c2cccc(C(F)(F)F)c2)c(F)cc1-n1c(=O)ccc2cc(S(=O)(=O)Nc3ccnc(C)n3)ccc21. The molecule has 2 heterocycles. The van der Waals surface area contributed by atoms with Crippen LogP contribution in [0.15, 0.2) is 88.7 Å². The molecule has 5 rings (SSSR count). The topological polar surface area (TPSA) is 103 Å². The minimum atomic E-state index is -4.62. The summed E-state index contributed by atoms with van der Waals surface area (Å²) in [6, 6.07) is 14.4. The first-order valence-corrected chi connectivity index (χ1v) is 13.4. The molecule has 0 amide bonds. The molecule has 0 saturated heterocycles. The summed E-state index contributed by atoms with van der Waals surface area (Å²) in [7, 11) is -2.80. The first kappa shape index (κ1) is 27.8. The Morgan fingerprint density at radius 2 is 1.76 bits per heavy atom. The molecule has 0 aliphatic carbocycles. The van der Waals surface area contributed by atoms with Gasteiger partial charge in [0.15, 0.2) is 0 Å². The van der Waals surface area contributed by atoms with Crippen molar-refractivity contribution in [1.82, 2.24) is 14.5 Å². The minimum absolute atomic E-state index is 0.00547. The zero-order valence-corrected chi connectivity index (χ0v) is 22.2. The van der Waals surface area contributed by atoms with Crippen LogP contribution in [0.25, 0.3) is 27.7 Å². The molecular formula is C28H20F4N4O4S. The normalized spacial score (nSPS) is 12.0. The zero-order valence-electron chi connectivity index (χ0n) is 21.4. The molecule has 0 fully saturated rings. The molecular weight excluding hydrogens is 564 g/mol. The molecule has 41 heavy (non-hydrogen) atoms. The van der Waals surface area contributed by atoms with E-state index in [-0.39, 0.29) is 38.8 Å². The number of rotatable bonds is 6. The average Bonchev–Trinajstić information content (AvgIpc) is 2.92. The number of hydrogen-bond donors (Lipinski definition) is 1. The minimum Gasteiger partial charge on any atom is -0.495 e. The number of methoxy groups -OCH3 is 1. The van der Waals surface area contributed by atoms with Gasteiger partial charge in [0, 0.05) is 29.3 Å². The summed E-state index contributed by atoms with van der Waals surface area (Å²) in [5.41, 5.74) is -1.51. The molecule has 0 unspecified atom stereocenters. The Balaban J connectivity index is 1.61. The third-order valence-electron chi connectivity index (χ3n) is 6.20. The molecule has 0 radical (unpaired) electrons. The maximum absolute atomic E-state index is 15.4. The number of ether oxygens (including phenoxy) is 1. The number of pyridine rings is 1. The Kier molecular flexibility index (Phi) is 6.99. The molecule has 1 N–H and O–H groups in total. The van der Waals surface area contributed by atoms with E-state index in [1.54, 1.807) is 6.92 Å². The molecule has 2 aromatic heterocycles. The van der Waals surface area contributed by atoms with E-state index >= 15 is 4.39 Å². The molecule has 0 aliphatic rings. The number of hydrogen-bond acceptors (Lipinski definition) is 6. The predicted octanol–water partition coefficient (Wildman–Crippen LogP) is 5.72. The van der Waals surface area contributed by atoms with Crippen LogP contribution in [-0.2, 0) is 16.2 Å². The lowest BCUT2D eigenvalue weighted by Gasteiger charge is -2.17. The molecule has 0 aliphatic heterocycles. The van der Waals surface area contributed by atoms with Crippen molar-refractivity contribution < 1.29 is 30.7 Å². The van der Waals surface area contributed by atoms with Gasteiger partial charge in [-0.25, -0.2) is 22.8 Å². The fraction of sp³-hybridized carbons (Fsp3) is 0.107. The van der Waals surface area contributed by atoms with Crippen molar-refractivity contribution in [3.63, 3.8) is 0 Å². The van der Waals surface area contributed by atoms with Crippen molar-refractivity contribution in [2.24, 2.45) is 0 Å². The van der Waals surface area contributed by atoms with Crippen molar-refractivity contribution in [2.45, 2.75) is 18.0 Å². The first-order chi connectivity index (χ1) is 19.4. The third kappa shape index (κ3) is 5.48. The summed E-state index contributed by atoms with van der Waals surface area (Å²) in [6.45, 7) is 1.61. The number of aromatic nitrogens is 3. The fourth-order valence-electron chi connectivity index (χ4n) is 4.31. The molecule has 210 valence electrons. The average molecular weight is 585 g/mol. The Hall–Kier alpha value is -4.78. The van der Waals surface area contributed by atoms with E-state index in [9.17, 15) is 26.4 Å². The predicted molar refractivity (Wildman–Crippen MR) is 144 cm³/mol. The van der Waals surface area contributed by atoms with Crippen LogP contribution in [-0.4, -0.2) is 30.1 Å². The Morgan fingerprint density at radius 3 is 2.46 bits per heavy atom. The second kappa shape index (κ2) is 10.3. The van der Waals surface area contributed by atoms with E-state index in [1.165, 1.54) is 67.9 Å². The van der Waals surface area contributed by atoms with Gasteiger partial charge in [-0.05, 0) is 61.0 Å². The summed E-state index contributed by atoms with van der Waals surface area (Å²) in [4.78, 5) is 20.8. The maximum Gasteiger partial charge on any atom is 0.416 e. The van der Waals surface area contributed by atoms with Gasteiger partial charge in [0.05, 0.1) is 28.8 Å². The van der Waals surface area contributed by atoms with Gasteiger partial charge < -0.3 is 4.74 Å². The van der Waals surface area contributed by atoms with Crippen LogP contribution in [0.5, 0.6) is 5.75 Å². The van der Waals surface area contributed by atoms with Gasteiger partial charge in [-0.3, -0.25) is 14.1 Å².